The fourth-order valence-corrected chi connectivity index (χ4v) is 2.12. The van der Waals surface area contributed by atoms with E-state index in [0.29, 0.717) is 5.75 Å². The van der Waals surface area contributed by atoms with Crippen molar-refractivity contribution in [2.45, 2.75) is 13.0 Å². The molecule has 0 aliphatic heterocycles. The van der Waals surface area contributed by atoms with Crippen LogP contribution in [0, 0.1) is 11.3 Å². The SMILES string of the molecule is COc1cccc(N/C=C(/C#N)C(=O)NC(C)c2ccccc2)c1. The third-order valence-corrected chi connectivity index (χ3v) is 3.47. The third-order valence-electron chi connectivity index (χ3n) is 3.47. The monoisotopic (exact) mass is 321 g/mol. The molecule has 2 aromatic carbocycles. The molecule has 1 amide bonds. The number of rotatable bonds is 6. The molecule has 0 radical (unpaired) electrons. The van der Waals surface area contributed by atoms with Crippen LogP contribution in [0.15, 0.2) is 66.4 Å². The average molecular weight is 321 g/mol. The summed E-state index contributed by atoms with van der Waals surface area (Å²) in [5.74, 6) is 0.262. The fourth-order valence-electron chi connectivity index (χ4n) is 2.12. The molecular formula is C19H19N3O2. The summed E-state index contributed by atoms with van der Waals surface area (Å²) in [6.07, 6.45) is 1.39. The molecule has 1 unspecified atom stereocenters. The maximum atomic E-state index is 12.2. The smallest absolute Gasteiger partial charge is 0.263 e. The van der Waals surface area contributed by atoms with Crippen LogP contribution in [0.2, 0.25) is 0 Å². The van der Waals surface area contributed by atoms with Gasteiger partial charge in [-0.15, -0.1) is 0 Å². The molecule has 0 heterocycles. The number of hydrogen-bond acceptors (Lipinski definition) is 4. The third kappa shape index (κ3) is 4.62. The van der Waals surface area contributed by atoms with Gasteiger partial charge in [0.05, 0.1) is 13.2 Å². The lowest BCUT2D eigenvalue weighted by atomic mass is 10.1. The van der Waals surface area contributed by atoms with E-state index in [9.17, 15) is 10.1 Å². The van der Waals surface area contributed by atoms with Gasteiger partial charge in [0.2, 0.25) is 0 Å². The Bertz CT molecular complexity index is 764. The predicted octanol–water partition coefficient (Wildman–Crippen LogP) is 3.39. The van der Waals surface area contributed by atoms with Crippen molar-refractivity contribution in [3.63, 3.8) is 0 Å². The largest absolute Gasteiger partial charge is 0.497 e. The number of amides is 1. The first kappa shape index (κ1) is 17.1. The minimum atomic E-state index is -0.427. The van der Waals surface area contributed by atoms with Gasteiger partial charge in [-0.05, 0) is 24.6 Å². The number of benzene rings is 2. The number of nitrogens with one attached hydrogen (secondary N) is 2. The van der Waals surface area contributed by atoms with Gasteiger partial charge in [-0.1, -0.05) is 36.4 Å². The fraction of sp³-hybridized carbons (Fsp3) is 0.158. The predicted molar refractivity (Wildman–Crippen MR) is 93.3 cm³/mol. The lowest BCUT2D eigenvalue weighted by molar-refractivity contribution is -0.117. The van der Waals surface area contributed by atoms with Crippen molar-refractivity contribution in [3.05, 3.63) is 71.9 Å². The number of carbonyl (C=O) groups is 1. The Kier molecular flexibility index (Phi) is 5.98. The van der Waals surface area contributed by atoms with Gasteiger partial charge in [-0.25, -0.2) is 0 Å². The van der Waals surface area contributed by atoms with Crippen LogP contribution in [-0.4, -0.2) is 13.0 Å². The van der Waals surface area contributed by atoms with Crippen LogP contribution in [0.4, 0.5) is 5.69 Å². The normalized spacial score (nSPS) is 12.0. The molecule has 2 rings (SSSR count). The Labute approximate surface area is 141 Å². The van der Waals surface area contributed by atoms with E-state index in [0.717, 1.165) is 11.3 Å². The van der Waals surface area contributed by atoms with E-state index >= 15 is 0 Å². The van der Waals surface area contributed by atoms with E-state index < -0.39 is 5.91 Å². The van der Waals surface area contributed by atoms with E-state index in [2.05, 4.69) is 10.6 Å². The van der Waals surface area contributed by atoms with E-state index in [1.54, 1.807) is 13.2 Å². The average Bonchev–Trinajstić information content (AvgIpc) is 2.63. The van der Waals surface area contributed by atoms with Crippen LogP contribution < -0.4 is 15.4 Å². The van der Waals surface area contributed by atoms with Crippen LogP contribution >= 0.6 is 0 Å². The molecule has 2 aromatic rings. The minimum absolute atomic E-state index is 0.000557. The summed E-state index contributed by atoms with van der Waals surface area (Å²) in [6.45, 7) is 1.87. The van der Waals surface area contributed by atoms with Gasteiger partial charge >= 0.3 is 0 Å². The zero-order valence-corrected chi connectivity index (χ0v) is 13.6. The highest BCUT2D eigenvalue weighted by molar-refractivity contribution is 5.97. The molecule has 24 heavy (non-hydrogen) atoms. The number of anilines is 1. The Morgan fingerprint density at radius 2 is 1.96 bits per heavy atom. The molecule has 0 bridgehead atoms. The van der Waals surface area contributed by atoms with Gasteiger partial charge < -0.3 is 15.4 Å². The summed E-state index contributed by atoms with van der Waals surface area (Å²) in [6, 6.07) is 18.5. The van der Waals surface area contributed by atoms with Gasteiger partial charge in [0.15, 0.2) is 0 Å². The number of methoxy groups -OCH3 is 1. The van der Waals surface area contributed by atoms with E-state index in [-0.39, 0.29) is 11.6 Å². The van der Waals surface area contributed by atoms with Gasteiger partial charge in [-0.3, -0.25) is 4.79 Å². The second kappa shape index (κ2) is 8.39. The highest BCUT2D eigenvalue weighted by Gasteiger charge is 2.13. The second-order valence-corrected chi connectivity index (χ2v) is 5.15. The van der Waals surface area contributed by atoms with E-state index in [4.69, 9.17) is 4.74 Å². The zero-order chi connectivity index (χ0) is 17.4. The lowest BCUT2D eigenvalue weighted by Crippen LogP contribution is -2.28. The number of nitriles is 1. The van der Waals surface area contributed by atoms with Crippen LogP contribution in [0.25, 0.3) is 0 Å². The first-order valence-corrected chi connectivity index (χ1v) is 7.50. The van der Waals surface area contributed by atoms with Crippen LogP contribution in [0.1, 0.15) is 18.5 Å². The van der Waals surface area contributed by atoms with Crippen molar-refractivity contribution in [3.8, 4) is 11.8 Å². The maximum Gasteiger partial charge on any atom is 0.263 e. The summed E-state index contributed by atoms with van der Waals surface area (Å²) in [5.41, 5.74) is 1.70. The van der Waals surface area contributed by atoms with Crippen molar-refractivity contribution in [2.75, 3.05) is 12.4 Å². The van der Waals surface area contributed by atoms with Gasteiger partial charge in [0.1, 0.15) is 17.4 Å². The highest BCUT2D eigenvalue weighted by Crippen LogP contribution is 2.17. The van der Waals surface area contributed by atoms with E-state index in [1.165, 1.54) is 6.20 Å². The molecule has 5 heteroatoms. The Balaban J connectivity index is 2.04. The topological polar surface area (TPSA) is 74.1 Å². The number of hydrogen-bond donors (Lipinski definition) is 2. The minimum Gasteiger partial charge on any atom is -0.497 e. The summed E-state index contributed by atoms with van der Waals surface area (Å²) >= 11 is 0. The zero-order valence-electron chi connectivity index (χ0n) is 13.6. The van der Waals surface area contributed by atoms with Crippen molar-refractivity contribution in [2.24, 2.45) is 0 Å². The summed E-state index contributed by atoms with van der Waals surface area (Å²) in [5, 5.41) is 15.0. The number of nitrogens with zero attached hydrogens (tertiary/aromatic N) is 1. The van der Waals surface area contributed by atoms with Gasteiger partial charge in [0.25, 0.3) is 5.91 Å². The Morgan fingerprint density at radius 3 is 2.62 bits per heavy atom. The maximum absolute atomic E-state index is 12.2. The molecule has 0 saturated carbocycles. The van der Waals surface area contributed by atoms with Crippen molar-refractivity contribution < 1.29 is 9.53 Å². The molecule has 0 aliphatic carbocycles. The molecule has 0 saturated heterocycles. The molecule has 0 fully saturated rings. The van der Waals surface area contributed by atoms with E-state index in [1.807, 2.05) is 61.5 Å². The number of ether oxygens (including phenoxy) is 1. The standard InChI is InChI=1S/C19H19N3O2/c1-14(15-7-4-3-5-8-15)22-19(23)16(12-20)13-21-17-9-6-10-18(11-17)24-2/h3-11,13-14,21H,1-2H3,(H,22,23)/b16-13-. The van der Waals surface area contributed by atoms with Crippen molar-refractivity contribution >= 4 is 11.6 Å². The van der Waals surface area contributed by atoms with Crippen molar-refractivity contribution in [1.82, 2.24) is 5.32 Å². The first-order valence-electron chi connectivity index (χ1n) is 7.50. The summed E-state index contributed by atoms with van der Waals surface area (Å²) in [7, 11) is 1.58. The summed E-state index contributed by atoms with van der Waals surface area (Å²) in [4.78, 5) is 12.2. The number of carbonyl (C=O) groups excluding carboxylic acids is 1. The second-order valence-electron chi connectivity index (χ2n) is 5.15. The first-order chi connectivity index (χ1) is 11.6. The van der Waals surface area contributed by atoms with Gasteiger partial charge in [-0.2, -0.15) is 5.26 Å². The van der Waals surface area contributed by atoms with Crippen LogP contribution in [0.5, 0.6) is 5.75 Å². The highest BCUT2D eigenvalue weighted by atomic mass is 16.5. The van der Waals surface area contributed by atoms with Gasteiger partial charge in [0, 0.05) is 18.0 Å². The summed E-state index contributed by atoms with van der Waals surface area (Å²) < 4.78 is 5.13. The molecule has 0 aromatic heterocycles. The van der Waals surface area contributed by atoms with Crippen LogP contribution in [0.3, 0.4) is 0 Å². The van der Waals surface area contributed by atoms with Crippen LogP contribution in [-0.2, 0) is 4.79 Å². The molecule has 5 nitrogen and oxygen atoms in total. The lowest BCUT2D eigenvalue weighted by Gasteiger charge is -2.13. The molecule has 0 aliphatic rings. The molecule has 0 spiro atoms. The molecular weight excluding hydrogens is 302 g/mol. The quantitative estimate of drug-likeness (QED) is 0.632. The molecule has 2 N–H and O–H groups in total. The Hall–Kier alpha value is -3.26. The molecule has 122 valence electrons. The molecule has 1 atom stereocenters. The Morgan fingerprint density at radius 1 is 1.21 bits per heavy atom. The van der Waals surface area contributed by atoms with Crippen molar-refractivity contribution in [1.29, 1.82) is 5.26 Å².